The van der Waals surface area contributed by atoms with Crippen LogP contribution >= 0.6 is 0 Å². The predicted molar refractivity (Wildman–Crippen MR) is 214 cm³/mol. The number of allylic oxidation sites excluding steroid dienone is 9. The molecule has 0 N–H and O–H groups in total. The van der Waals surface area contributed by atoms with Gasteiger partial charge in [-0.1, -0.05) is 103 Å². The number of anilines is 1. The molecule has 1 aliphatic rings. The van der Waals surface area contributed by atoms with Gasteiger partial charge < -0.3 is 4.90 Å². The standard InChI is InChI=1S/C45H40N6/c1-4-46-38-26-18-34(19-27-38)44(35-20-28-41(29-21-35)49-47-39-12-7-5-8-13-39)16-11-17-45(37-24-32-43(33-25-37)51(2)3)36-22-30-42(31-23-36)50-48-40-14-9-6-10-15-40/h5-33H,4H2,1-3H3. The highest BCUT2D eigenvalue weighted by molar-refractivity contribution is 6.07. The molecule has 0 saturated carbocycles. The first-order valence-electron chi connectivity index (χ1n) is 17.0. The smallest absolute Gasteiger partial charge is 0.0857 e. The molecule has 51 heavy (non-hydrogen) atoms. The van der Waals surface area contributed by atoms with Gasteiger partial charge in [0.2, 0.25) is 0 Å². The van der Waals surface area contributed by atoms with Gasteiger partial charge in [0.25, 0.3) is 0 Å². The van der Waals surface area contributed by atoms with E-state index in [2.05, 4.69) is 136 Å². The lowest BCUT2D eigenvalue weighted by atomic mass is 9.94. The van der Waals surface area contributed by atoms with Crippen molar-refractivity contribution in [2.24, 2.45) is 25.4 Å². The fraction of sp³-hybridized carbons (Fsp3) is 0.0889. The van der Waals surface area contributed by atoms with Crippen molar-refractivity contribution in [2.45, 2.75) is 6.92 Å². The Labute approximate surface area is 300 Å². The summed E-state index contributed by atoms with van der Waals surface area (Å²) in [6.45, 7) is 2.79. The molecule has 0 aromatic heterocycles. The topological polar surface area (TPSA) is 65.0 Å². The Morgan fingerprint density at radius 1 is 0.529 bits per heavy atom. The molecule has 0 unspecified atom stereocenters. The molecule has 0 spiro atoms. The third kappa shape index (κ3) is 9.55. The highest BCUT2D eigenvalue weighted by Crippen LogP contribution is 2.30. The van der Waals surface area contributed by atoms with Crippen LogP contribution in [0.25, 0.3) is 11.1 Å². The molecule has 0 radical (unpaired) electrons. The van der Waals surface area contributed by atoms with Crippen LogP contribution in [-0.2, 0) is 0 Å². The normalized spacial score (nSPS) is 13.1. The fourth-order valence-electron chi connectivity index (χ4n) is 5.46. The van der Waals surface area contributed by atoms with Crippen LogP contribution in [0.15, 0.2) is 207 Å². The Balaban J connectivity index is 1.34. The lowest BCUT2D eigenvalue weighted by Gasteiger charge is -2.14. The highest BCUT2D eigenvalue weighted by atomic mass is 15.1. The lowest BCUT2D eigenvalue weighted by Crippen LogP contribution is -2.08. The van der Waals surface area contributed by atoms with E-state index in [4.69, 9.17) is 0 Å². The van der Waals surface area contributed by atoms with Crippen LogP contribution in [0.3, 0.4) is 0 Å². The number of azo groups is 2. The molecule has 0 fully saturated rings. The van der Waals surface area contributed by atoms with E-state index >= 15 is 0 Å². The summed E-state index contributed by atoms with van der Waals surface area (Å²) >= 11 is 0. The number of nitrogens with zero attached hydrogens (tertiary/aromatic N) is 6. The molecule has 6 rings (SSSR count). The zero-order chi connectivity index (χ0) is 35.3. The molecule has 250 valence electrons. The summed E-state index contributed by atoms with van der Waals surface area (Å²) in [4.78, 5) is 6.67. The number of rotatable bonds is 11. The van der Waals surface area contributed by atoms with Crippen molar-refractivity contribution in [3.05, 3.63) is 198 Å². The minimum absolute atomic E-state index is 0.745. The van der Waals surface area contributed by atoms with E-state index in [1.807, 2.05) is 91.9 Å². The second-order valence-electron chi connectivity index (χ2n) is 12.0. The molecule has 0 aliphatic heterocycles. The SMILES string of the molecule is CCN=C1C=CC(=C(C=CC=C(c2ccc(N=Nc3ccccc3)cc2)c2ccc(N(C)C)cc2)c2ccc(N=Nc3ccccc3)cc2)C=C1. The van der Waals surface area contributed by atoms with Crippen molar-refractivity contribution in [1.29, 1.82) is 0 Å². The molecule has 0 amide bonds. The quantitative estimate of drug-likeness (QED) is 0.102. The van der Waals surface area contributed by atoms with Crippen LogP contribution in [0, 0.1) is 0 Å². The maximum Gasteiger partial charge on any atom is 0.0857 e. The Hall–Kier alpha value is -6.53. The number of hydrogen-bond donors (Lipinski definition) is 0. The average Bonchev–Trinajstić information content (AvgIpc) is 3.18. The molecule has 0 atom stereocenters. The molecule has 0 saturated heterocycles. The van der Waals surface area contributed by atoms with Crippen LogP contribution in [0.4, 0.5) is 28.4 Å². The molecular weight excluding hydrogens is 625 g/mol. The largest absolute Gasteiger partial charge is 0.378 e. The van der Waals surface area contributed by atoms with E-state index in [1.54, 1.807) is 0 Å². The van der Waals surface area contributed by atoms with E-state index in [1.165, 1.54) is 0 Å². The van der Waals surface area contributed by atoms with Gasteiger partial charge in [-0.25, -0.2) is 0 Å². The van der Waals surface area contributed by atoms with Gasteiger partial charge >= 0.3 is 0 Å². The average molecular weight is 665 g/mol. The van der Waals surface area contributed by atoms with Gasteiger partial charge in [0.05, 0.1) is 28.5 Å². The maximum atomic E-state index is 4.56. The molecule has 5 aromatic rings. The highest BCUT2D eigenvalue weighted by Gasteiger charge is 2.09. The summed E-state index contributed by atoms with van der Waals surface area (Å²) in [6, 6.07) is 44.5. The Morgan fingerprint density at radius 2 is 0.980 bits per heavy atom. The number of aliphatic imine (C=N–C) groups is 1. The molecular formula is C45H40N6. The molecule has 5 aromatic carbocycles. The van der Waals surface area contributed by atoms with Crippen molar-refractivity contribution in [1.82, 2.24) is 0 Å². The van der Waals surface area contributed by atoms with Crippen molar-refractivity contribution >= 4 is 45.3 Å². The van der Waals surface area contributed by atoms with Crippen LogP contribution in [0.1, 0.15) is 23.6 Å². The second kappa shape index (κ2) is 17.2. The first-order chi connectivity index (χ1) is 25.1. The summed E-state index contributed by atoms with van der Waals surface area (Å²) in [5.74, 6) is 0. The third-order valence-corrected chi connectivity index (χ3v) is 8.17. The van der Waals surface area contributed by atoms with Crippen LogP contribution in [0.2, 0.25) is 0 Å². The number of benzene rings is 5. The zero-order valence-corrected chi connectivity index (χ0v) is 29.1. The van der Waals surface area contributed by atoms with E-state index in [9.17, 15) is 0 Å². The van der Waals surface area contributed by atoms with E-state index < -0.39 is 0 Å². The van der Waals surface area contributed by atoms with Crippen LogP contribution < -0.4 is 4.90 Å². The van der Waals surface area contributed by atoms with E-state index in [0.29, 0.717) is 0 Å². The Morgan fingerprint density at radius 3 is 1.45 bits per heavy atom. The van der Waals surface area contributed by atoms with Crippen molar-refractivity contribution in [3.8, 4) is 0 Å². The zero-order valence-electron chi connectivity index (χ0n) is 29.1. The predicted octanol–water partition coefficient (Wildman–Crippen LogP) is 12.6. The monoisotopic (exact) mass is 664 g/mol. The van der Waals surface area contributed by atoms with E-state index in [-0.39, 0.29) is 0 Å². The number of hydrogen-bond acceptors (Lipinski definition) is 6. The molecule has 6 heteroatoms. The fourth-order valence-corrected chi connectivity index (χ4v) is 5.46. The van der Waals surface area contributed by atoms with Crippen molar-refractivity contribution < 1.29 is 0 Å². The summed E-state index contributed by atoms with van der Waals surface area (Å²) < 4.78 is 0. The van der Waals surface area contributed by atoms with Crippen molar-refractivity contribution in [2.75, 3.05) is 25.5 Å². The summed E-state index contributed by atoms with van der Waals surface area (Å²) in [5.41, 5.74) is 11.9. The van der Waals surface area contributed by atoms with E-state index in [0.717, 1.165) is 74.1 Å². The van der Waals surface area contributed by atoms with Gasteiger partial charge in [0.1, 0.15) is 0 Å². The van der Waals surface area contributed by atoms with Gasteiger partial charge in [-0.3, -0.25) is 4.99 Å². The summed E-state index contributed by atoms with van der Waals surface area (Å²) in [5, 5.41) is 17.7. The van der Waals surface area contributed by atoms with Crippen LogP contribution in [0.5, 0.6) is 0 Å². The van der Waals surface area contributed by atoms with Crippen molar-refractivity contribution in [3.63, 3.8) is 0 Å². The molecule has 6 nitrogen and oxygen atoms in total. The van der Waals surface area contributed by atoms with Gasteiger partial charge in [-0.15, -0.1) is 0 Å². The van der Waals surface area contributed by atoms with Gasteiger partial charge in [0.15, 0.2) is 0 Å². The summed E-state index contributed by atoms with van der Waals surface area (Å²) in [7, 11) is 4.10. The van der Waals surface area contributed by atoms with Gasteiger partial charge in [0, 0.05) is 26.3 Å². The first kappa shape index (κ1) is 34.3. The Bertz CT molecular complexity index is 2130. The summed E-state index contributed by atoms with van der Waals surface area (Å²) in [6.07, 6.45) is 14.9. The molecule has 0 heterocycles. The Kier molecular flexibility index (Phi) is 11.6. The van der Waals surface area contributed by atoms with Gasteiger partial charge in [-0.2, -0.15) is 20.5 Å². The second-order valence-corrected chi connectivity index (χ2v) is 12.0. The molecule has 1 aliphatic carbocycles. The minimum Gasteiger partial charge on any atom is -0.378 e. The molecule has 0 bridgehead atoms. The minimum atomic E-state index is 0.745. The maximum absolute atomic E-state index is 4.56. The van der Waals surface area contributed by atoms with Crippen LogP contribution in [-0.4, -0.2) is 26.4 Å². The third-order valence-electron chi connectivity index (χ3n) is 8.17. The lowest BCUT2D eigenvalue weighted by molar-refractivity contribution is 1.13. The first-order valence-corrected chi connectivity index (χ1v) is 17.0. The van der Waals surface area contributed by atoms with Gasteiger partial charge in [-0.05, 0) is 113 Å².